The normalized spacial score (nSPS) is 10.4. The van der Waals surface area contributed by atoms with Gasteiger partial charge < -0.3 is 4.57 Å². The van der Waals surface area contributed by atoms with Crippen LogP contribution in [0.3, 0.4) is 0 Å². The summed E-state index contributed by atoms with van der Waals surface area (Å²) >= 11 is 3.30. The molecule has 0 atom stereocenters. The van der Waals surface area contributed by atoms with E-state index in [1.165, 1.54) is 16.7 Å². The third-order valence-corrected chi connectivity index (χ3v) is 3.37. The van der Waals surface area contributed by atoms with Crippen LogP contribution in [0.5, 0.6) is 0 Å². The molecule has 2 aromatic rings. The maximum atomic E-state index is 11.7. The van der Waals surface area contributed by atoms with Gasteiger partial charge in [0.25, 0.3) is 11.2 Å². The van der Waals surface area contributed by atoms with E-state index in [1.54, 1.807) is 31.3 Å². The first kappa shape index (κ1) is 13.5. The van der Waals surface area contributed by atoms with Crippen LogP contribution in [-0.2, 0) is 6.54 Å². The zero-order valence-electron chi connectivity index (χ0n) is 10.2. The number of hydrogen-bond donors (Lipinski definition) is 0. The highest BCUT2D eigenvalue weighted by molar-refractivity contribution is 9.10. The topological polar surface area (TPSA) is 65.1 Å². The minimum absolute atomic E-state index is 0.0699. The van der Waals surface area contributed by atoms with E-state index in [4.69, 9.17) is 0 Å². The molecule has 19 heavy (non-hydrogen) atoms. The third kappa shape index (κ3) is 2.90. The van der Waals surface area contributed by atoms with Gasteiger partial charge >= 0.3 is 0 Å². The van der Waals surface area contributed by atoms with Crippen molar-refractivity contribution in [1.29, 1.82) is 0 Å². The Morgan fingerprint density at radius 3 is 2.74 bits per heavy atom. The van der Waals surface area contributed by atoms with Gasteiger partial charge in [0.15, 0.2) is 0 Å². The summed E-state index contributed by atoms with van der Waals surface area (Å²) in [6, 6.07) is 8.00. The first-order chi connectivity index (χ1) is 8.99. The quantitative estimate of drug-likeness (QED) is 0.644. The Labute approximate surface area is 117 Å². The summed E-state index contributed by atoms with van der Waals surface area (Å²) in [5, 5.41) is 10.9. The zero-order chi connectivity index (χ0) is 14.0. The average Bonchev–Trinajstić information content (AvgIpc) is 2.36. The van der Waals surface area contributed by atoms with Crippen LogP contribution in [0.2, 0.25) is 0 Å². The summed E-state index contributed by atoms with van der Waals surface area (Å²) in [7, 11) is 0. The van der Waals surface area contributed by atoms with Crippen molar-refractivity contribution in [3.05, 3.63) is 72.6 Å². The second kappa shape index (κ2) is 5.36. The Morgan fingerprint density at radius 1 is 1.32 bits per heavy atom. The van der Waals surface area contributed by atoms with Crippen molar-refractivity contribution in [3.63, 3.8) is 0 Å². The minimum atomic E-state index is -0.414. The molecule has 6 heteroatoms. The Morgan fingerprint density at radius 2 is 2.05 bits per heavy atom. The second-order valence-corrected chi connectivity index (χ2v) is 5.05. The highest BCUT2D eigenvalue weighted by atomic mass is 79.9. The number of rotatable bonds is 3. The monoisotopic (exact) mass is 322 g/mol. The highest BCUT2D eigenvalue weighted by Crippen LogP contribution is 2.21. The van der Waals surface area contributed by atoms with Gasteiger partial charge in [0.2, 0.25) is 0 Å². The Kier molecular flexibility index (Phi) is 3.80. The molecule has 2 rings (SSSR count). The SMILES string of the molecule is Cc1c(Cn2cc(Br)ccc2=O)cccc1[N+](=O)[O-]. The van der Waals surface area contributed by atoms with Gasteiger partial charge in [0.1, 0.15) is 0 Å². The van der Waals surface area contributed by atoms with Crippen LogP contribution >= 0.6 is 15.9 Å². The van der Waals surface area contributed by atoms with Gasteiger partial charge in [-0.3, -0.25) is 14.9 Å². The van der Waals surface area contributed by atoms with E-state index in [1.807, 2.05) is 0 Å². The molecule has 0 aliphatic heterocycles. The first-order valence-electron chi connectivity index (χ1n) is 5.58. The summed E-state index contributed by atoms with van der Waals surface area (Å²) in [6.07, 6.45) is 1.67. The molecule has 0 saturated carbocycles. The molecule has 0 aliphatic carbocycles. The predicted octanol–water partition coefficient (Wildman–Crippen LogP) is 2.88. The summed E-state index contributed by atoms with van der Waals surface area (Å²) in [6.45, 7) is 2.00. The lowest BCUT2D eigenvalue weighted by molar-refractivity contribution is -0.385. The molecule has 0 N–H and O–H groups in total. The van der Waals surface area contributed by atoms with E-state index in [0.717, 1.165) is 10.0 Å². The van der Waals surface area contributed by atoms with Crippen molar-refractivity contribution in [2.24, 2.45) is 0 Å². The molecular formula is C13H11BrN2O3. The third-order valence-electron chi connectivity index (χ3n) is 2.90. The maximum Gasteiger partial charge on any atom is 0.272 e. The van der Waals surface area contributed by atoms with Crippen LogP contribution in [0.1, 0.15) is 11.1 Å². The van der Waals surface area contributed by atoms with Crippen LogP contribution in [0.4, 0.5) is 5.69 Å². The fourth-order valence-electron chi connectivity index (χ4n) is 1.85. The number of hydrogen-bond acceptors (Lipinski definition) is 3. The second-order valence-electron chi connectivity index (χ2n) is 4.13. The van der Waals surface area contributed by atoms with E-state index in [2.05, 4.69) is 15.9 Å². The van der Waals surface area contributed by atoms with Crippen molar-refractivity contribution in [2.45, 2.75) is 13.5 Å². The van der Waals surface area contributed by atoms with E-state index in [9.17, 15) is 14.9 Å². The minimum Gasteiger partial charge on any atom is -0.310 e. The fraction of sp³-hybridized carbons (Fsp3) is 0.154. The predicted molar refractivity (Wildman–Crippen MR) is 75.3 cm³/mol. The molecule has 98 valence electrons. The Hall–Kier alpha value is -1.95. The summed E-state index contributed by atoms with van der Waals surface area (Å²) < 4.78 is 2.30. The van der Waals surface area contributed by atoms with Gasteiger partial charge in [-0.2, -0.15) is 0 Å². The standard InChI is InChI=1S/C13H11BrN2O3/c1-9-10(3-2-4-12(9)16(18)19)7-15-8-11(14)5-6-13(15)17/h2-6,8H,7H2,1H3. The lowest BCUT2D eigenvalue weighted by atomic mass is 10.1. The van der Waals surface area contributed by atoms with Crippen LogP contribution in [0.15, 0.2) is 45.8 Å². The molecule has 0 fully saturated rings. The van der Waals surface area contributed by atoms with Crippen LogP contribution in [0.25, 0.3) is 0 Å². The Balaban J connectivity index is 2.44. The number of nitro benzene ring substituents is 1. The van der Waals surface area contributed by atoms with Crippen molar-refractivity contribution in [1.82, 2.24) is 4.57 Å². The maximum absolute atomic E-state index is 11.7. The van der Waals surface area contributed by atoms with E-state index in [-0.39, 0.29) is 11.2 Å². The molecule has 0 aliphatic rings. The fourth-order valence-corrected chi connectivity index (χ4v) is 2.23. The van der Waals surface area contributed by atoms with Gasteiger partial charge in [-0.25, -0.2) is 0 Å². The number of aromatic nitrogens is 1. The van der Waals surface area contributed by atoms with Gasteiger partial charge in [0, 0.05) is 28.4 Å². The molecule has 0 saturated heterocycles. The van der Waals surface area contributed by atoms with E-state index >= 15 is 0 Å². The van der Waals surface area contributed by atoms with Crippen molar-refractivity contribution >= 4 is 21.6 Å². The lowest BCUT2D eigenvalue weighted by Crippen LogP contribution is -2.19. The number of halogens is 1. The highest BCUT2D eigenvalue weighted by Gasteiger charge is 2.13. The summed E-state index contributed by atoms with van der Waals surface area (Å²) in [5.41, 5.74) is 1.27. The molecule has 0 radical (unpaired) electrons. The molecule has 1 heterocycles. The smallest absolute Gasteiger partial charge is 0.272 e. The van der Waals surface area contributed by atoms with E-state index < -0.39 is 4.92 Å². The van der Waals surface area contributed by atoms with Gasteiger partial charge in [-0.05, 0) is 34.5 Å². The Bertz CT molecular complexity index is 695. The van der Waals surface area contributed by atoms with Gasteiger partial charge in [-0.1, -0.05) is 12.1 Å². The van der Waals surface area contributed by atoms with Crippen molar-refractivity contribution < 1.29 is 4.92 Å². The molecule has 1 aromatic heterocycles. The molecule has 1 aromatic carbocycles. The first-order valence-corrected chi connectivity index (χ1v) is 6.37. The van der Waals surface area contributed by atoms with Crippen LogP contribution in [0, 0.1) is 17.0 Å². The number of benzene rings is 1. The molecule has 0 amide bonds. The number of nitrogens with zero attached hydrogens (tertiary/aromatic N) is 2. The average molecular weight is 323 g/mol. The number of pyridine rings is 1. The summed E-state index contributed by atoms with van der Waals surface area (Å²) in [4.78, 5) is 22.2. The van der Waals surface area contributed by atoms with Crippen LogP contribution in [-0.4, -0.2) is 9.49 Å². The van der Waals surface area contributed by atoms with Crippen molar-refractivity contribution in [2.75, 3.05) is 0 Å². The molecular weight excluding hydrogens is 312 g/mol. The van der Waals surface area contributed by atoms with E-state index in [0.29, 0.717) is 12.1 Å². The largest absolute Gasteiger partial charge is 0.310 e. The van der Waals surface area contributed by atoms with Crippen molar-refractivity contribution in [3.8, 4) is 0 Å². The summed E-state index contributed by atoms with van der Waals surface area (Å²) in [5.74, 6) is 0. The van der Waals surface area contributed by atoms with Gasteiger partial charge in [-0.15, -0.1) is 0 Å². The van der Waals surface area contributed by atoms with Crippen LogP contribution < -0.4 is 5.56 Å². The molecule has 0 bridgehead atoms. The lowest BCUT2D eigenvalue weighted by Gasteiger charge is -2.09. The van der Waals surface area contributed by atoms with Gasteiger partial charge in [0.05, 0.1) is 11.5 Å². The molecule has 0 spiro atoms. The molecule has 5 nitrogen and oxygen atoms in total. The zero-order valence-corrected chi connectivity index (χ0v) is 11.8. The number of nitro groups is 1. The molecule has 0 unspecified atom stereocenters.